The molecule has 102 valence electrons. The van der Waals surface area contributed by atoms with Crippen LogP contribution in [0.2, 0.25) is 0 Å². The van der Waals surface area contributed by atoms with E-state index in [2.05, 4.69) is 17.0 Å². The first kappa shape index (κ1) is 13.7. The average molecular weight is 262 g/mol. The molecular formula is C14H19FN4. The first-order valence-corrected chi connectivity index (χ1v) is 6.54. The van der Waals surface area contributed by atoms with Gasteiger partial charge in [-0.3, -0.25) is 9.67 Å². The zero-order chi connectivity index (χ0) is 13.9. The fraction of sp³-hybridized carbons (Fsp3) is 0.429. The van der Waals surface area contributed by atoms with E-state index in [-0.39, 0.29) is 5.82 Å². The van der Waals surface area contributed by atoms with Crippen molar-refractivity contribution in [3.05, 3.63) is 47.8 Å². The van der Waals surface area contributed by atoms with E-state index in [0.717, 1.165) is 18.5 Å². The van der Waals surface area contributed by atoms with Crippen LogP contribution in [0.15, 0.2) is 30.7 Å². The summed E-state index contributed by atoms with van der Waals surface area (Å²) in [4.78, 5) is 4.12. The molecule has 0 spiro atoms. The van der Waals surface area contributed by atoms with Crippen molar-refractivity contribution in [3.63, 3.8) is 0 Å². The lowest BCUT2D eigenvalue weighted by Gasteiger charge is -2.26. The number of nitrogens with zero attached hydrogens (tertiary/aromatic N) is 3. The van der Waals surface area contributed by atoms with Crippen LogP contribution in [0.25, 0.3) is 0 Å². The second-order valence-corrected chi connectivity index (χ2v) is 4.68. The Morgan fingerprint density at radius 1 is 1.32 bits per heavy atom. The van der Waals surface area contributed by atoms with E-state index >= 15 is 0 Å². The number of hydrogen-bond acceptors (Lipinski definition) is 3. The van der Waals surface area contributed by atoms with Gasteiger partial charge in [0, 0.05) is 18.3 Å². The highest BCUT2D eigenvalue weighted by atomic mass is 19.1. The molecule has 2 heterocycles. The molecule has 2 aromatic rings. The first-order chi connectivity index (χ1) is 9.10. The minimum atomic E-state index is -0.723. The zero-order valence-electron chi connectivity index (χ0n) is 11.3. The Morgan fingerprint density at radius 2 is 2.11 bits per heavy atom. The van der Waals surface area contributed by atoms with Crippen LogP contribution in [-0.2, 0) is 12.1 Å². The van der Waals surface area contributed by atoms with Gasteiger partial charge in [0.2, 0.25) is 0 Å². The second kappa shape index (κ2) is 5.48. The zero-order valence-corrected chi connectivity index (χ0v) is 11.3. The van der Waals surface area contributed by atoms with E-state index in [1.807, 2.05) is 17.8 Å². The number of pyridine rings is 1. The van der Waals surface area contributed by atoms with Crippen molar-refractivity contribution >= 4 is 0 Å². The van der Waals surface area contributed by atoms with Gasteiger partial charge in [0.25, 0.3) is 0 Å². The summed E-state index contributed by atoms with van der Waals surface area (Å²) >= 11 is 0. The third-order valence-electron chi connectivity index (χ3n) is 3.34. The Kier molecular flexibility index (Phi) is 3.95. The predicted octanol–water partition coefficient (Wildman–Crippen LogP) is 2.44. The number of nitrogens with two attached hydrogens (primary N) is 1. The van der Waals surface area contributed by atoms with Crippen LogP contribution < -0.4 is 5.73 Å². The molecule has 1 atom stereocenters. The van der Waals surface area contributed by atoms with Gasteiger partial charge in [-0.1, -0.05) is 13.8 Å². The minimum Gasteiger partial charge on any atom is -0.316 e. The summed E-state index contributed by atoms with van der Waals surface area (Å²) in [7, 11) is 0. The summed E-state index contributed by atoms with van der Waals surface area (Å²) in [6.45, 7) is 4.94. The van der Waals surface area contributed by atoms with Crippen molar-refractivity contribution < 1.29 is 4.39 Å². The lowest BCUT2D eigenvalue weighted by atomic mass is 9.87. The number of rotatable bonds is 5. The van der Waals surface area contributed by atoms with Crippen LogP contribution in [0, 0.1) is 5.82 Å². The van der Waals surface area contributed by atoms with Gasteiger partial charge < -0.3 is 5.73 Å². The molecule has 2 N–H and O–H groups in total. The topological polar surface area (TPSA) is 56.7 Å². The molecule has 4 nitrogen and oxygen atoms in total. The number of aromatic nitrogens is 3. The van der Waals surface area contributed by atoms with E-state index in [9.17, 15) is 4.39 Å². The van der Waals surface area contributed by atoms with Crippen molar-refractivity contribution in [3.8, 4) is 0 Å². The van der Waals surface area contributed by atoms with Crippen LogP contribution in [-0.4, -0.2) is 14.8 Å². The summed E-state index contributed by atoms with van der Waals surface area (Å²) in [5.41, 5.74) is 7.30. The summed E-state index contributed by atoms with van der Waals surface area (Å²) in [6, 6.07) is 3.02. The largest absolute Gasteiger partial charge is 0.316 e. The van der Waals surface area contributed by atoms with E-state index in [0.29, 0.717) is 12.1 Å². The average Bonchev–Trinajstić information content (AvgIpc) is 2.88. The molecule has 19 heavy (non-hydrogen) atoms. The fourth-order valence-electron chi connectivity index (χ4n) is 2.12. The highest BCUT2D eigenvalue weighted by Crippen LogP contribution is 2.28. The molecule has 0 fully saturated rings. The third-order valence-corrected chi connectivity index (χ3v) is 3.34. The predicted molar refractivity (Wildman–Crippen MR) is 72.0 cm³/mol. The molecule has 0 saturated carbocycles. The number of aryl methyl sites for hydroxylation is 1. The Morgan fingerprint density at radius 3 is 2.68 bits per heavy atom. The van der Waals surface area contributed by atoms with Crippen LogP contribution in [0.5, 0.6) is 0 Å². The van der Waals surface area contributed by atoms with Gasteiger partial charge in [0.15, 0.2) is 0 Å². The van der Waals surface area contributed by atoms with Crippen LogP contribution in [0.4, 0.5) is 4.39 Å². The summed E-state index contributed by atoms with van der Waals surface area (Å²) in [6.07, 6.45) is 6.59. The molecule has 0 amide bonds. The maximum Gasteiger partial charge on any atom is 0.141 e. The van der Waals surface area contributed by atoms with Crippen LogP contribution in [0.1, 0.15) is 37.9 Å². The lowest BCUT2D eigenvalue weighted by molar-refractivity contribution is 0.497. The molecule has 0 radical (unpaired) electrons. The molecule has 1 unspecified atom stereocenters. The second-order valence-electron chi connectivity index (χ2n) is 4.68. The Labute approximate surface area is 112 Å². The van der Waals surface area contributed by atoms with Gasteiger partial charge in [-0.05, 0) is 25.0 Å². The standard InChI is InChI=1S/C14H19FN4/c1-3-7-19-10-11(8-18-19)14(16,4-2)13-6-5-12(15)9-17-13/h5-6,8-10H,3-4,7,16H2,1-2H3. The molecule has 0 aliphatic heterocycles. The fourth-order valence-corrected chi connectivity index (χ4v) is 2.12. The Balaban J connectivity index is 2.37. The van der Waals surface area contributed by atoms with Crippen LogP contribution in [0.3, 0.4) is 0 Å². The maximum absolute atomic E-state index is 13.0. The normalized spacial score (nSPS) is 14.3. The van der Waals surface area contributed by atoms with E-state index < -0.39 is 5.54 Å². The number of halogens is 1. The van der Waals surface area contributed by atoms with Crippen molar-refractivity contribution in [2.75, 3.05) is 0 Å². The van der Waals surface area contributed by atoms with Gasteiger partial charge in [-0.15, -0.1) is 0 Å². The summed E-state index contributed by atoms with van der Waals surface area (Å²) < 4.78 is 14.8. The van der Waals surface area contributed by atoms with Gasteiger partial charge in [-0.2, -0.15) is 5.10 Å². The molecule has 0 saturated heterocycles. The van der Waals surface area contributed by atoms with Gasteiger partial charge in [-0.25, -0.2) is 4.39 Å². The SMILES string of the molecule is CCCn1cc(C(N)(CC)c2ccc(F)cn2)cn1. The molecule has 2 aromatic heterocycles. The van der Waals surface area contributed by atoms with E-state index in [4.69, 9.17) is 5.73 Å². The molecule has 0 aliphatic carbocycles. The molecule has 0 aromatic carbocycles. The first-order valence-electron chi connectivity index (χ1n) is 6.54. The van der Waals surface area contributed by atoms with Crippen LogP contribution >= 0.6 is 0 Å². The third kappa shape index (κ3) is 2.66. The monoisotopic (exact) mass is 262 g/mol. The molecule has 0 aliphatic rings. The van der Waals surface area contributed by atoms with Crippen molar-refractivity contribution in [1.82, 2.24) is 14.8 Å². The van der Waals surface area contributed by atoms with Gasteiger partial charge in [0.05, 0.1) is 23.6 Å². The van der Waals surface area contributed by atoms with E-state index in [1.165, 1.54) is 12.3 Å². The number of hydrogen-bond donors (Lipinski definition) is 1. The Bertz CT molecular complexity index is 535. The van der Waals surface area contributed by atoms with Crippen molar-refractivity contribution in [2.24, 2.45) is 5.73 Å². The van der Waals surface area contributed by atoms with Gasteiger partial charge >= 0.3 is 0 Å². The maximum atomic E-state index is 13.0. The van der Waals surface area contributed by atoms with E-state index in [1.54, 1.807) is 12.3 Å². The highest BCUT2D eigenvalue weighted by molar-refractivity contribution is 5.31. The van der Waals surface area contributed by atoms with Crippen molar-refractivity contribution in [1.29, 1.82) is 0 Å². The smallest absolute Gasteiger partial charge is 0.141 e. The highest BCUT2D eigenvalue weighted by Gasteiger charge is 2.30. The quantitative estimate of drug-likeness (QED) is 0.900. The Hall–Kier alpha value is -1.75. The minimum absolute atomic E-state index is 0.358. The lowest BCUT2D eigenvalue weighted by Crippen LogP contribution is -2.37. The molecular weight excluding hydrogens is 243 g/mol. The molecule has 5 heteroatoms. The molecule has 0 bridgehead atoms. The summed E-state index contributed by atoms with van der Waals surface area (Å²) in [5, 5.41) is 4.30. The van der Waals surface area contributed by atoms with Crippen molar-refractivity contribution in [2.45, 2.75) is 38.8 Å². The van der Waals surface area contributed by atoms with Gasteiger partial charge in [0.1, 0.15) is 5.82 Å². The molecule has 2 rings (SSSR count). The summed E-state index contributed by atoms with van der Waals surface area (Å²) in [5.74, 6) is -0.358.